The quantitative estimate of drug-likeness (QED) is 0.158. The van der Waals surface area contributed by atoms with Gasteiger partial charge in [0, 0.05) is 68.6 Å². The van der Waals surface area contributed by atoms with Gasteiger partial charge in [0.1, 0.15) is 16.9 Å². The molecule has 3 aliphatic rings. The Balaban J connectivity index is 1.11. The van der Waals surface area contributed by atoms with Crippen molar-refractivity contribution in [2.45, 2.75) is 43.7 Å². The highest BCUT2D eigenvalue weighted by atomic mass is 35.5. The molecule has 2 amide bonds. The molecule has 17 heteroatoms. The van der Waals surface area contributed by atoms with Crippen molar-refractivity contribution in [1.29, 1.82) is 0 Å². The normalized spacial score (nSPS) is 19.5. The predicted octanol–water partition coefficient (Wildman–Crippen LogP) is 6.20. The second-order valence-electron chi connectivity index (χ2n) is 14.8. The molecule has 57 heavy (non-hydrogen) atoms. The van der Waals surface area contributed by atoms with Gasteiger partial charge < -0.3 is 25.4 Å². The number of aliphatic hydroxyl groups is 1. The maximum absolute atomic E-state index is 14.0. The molecule has 2 aliphatic heterocycles. The van der Waals surface area contributed by atoms with Crippen LogP contribution in [0.2, 0.25) is 10.0 Å². The number of carbonyl (C=O) groups is 1. The number of hydrogen-bond acceptors (Lipinski definition) is 9. The van der Waals surface area contributed by atoms with Crippen LogP contribution in [0.1, 0.15) is 48.6 Å². The summed E-state index contributed by atoms with van der Waals surface area (Å²) in [6.07, 6.45) is 0.339. The second kappa shape index (κ2) is 15.0. The molecule has 8 rings (SSSR count). The van der Waals surface area contributed by atoms with E-state index in [4.69, 9.17) is 32.9 Å². The summed E-state index contributed by atoms with van der Waals surface area (Å²) in [5, 5.41) is 16.1. The first-order valence-corrected chi connectivity index (χ1v) is 19.3. The number of likely N-dealkylation sites (tertiary alicyclic amines) is 1. The van der Waals surface area contributed by atoms with Gasteiger partial charge in [-0.1, -0.05) is 53.5 Å². The fourth-order valence-corrected chi connectivity index (χ4v) is 9.18. The van der Waals surface area contributed by atoms with Crippen LogP contribution in [0.3, 0.4) is 0 Å². The van der Waals surface area contributed by atoms with Crippen molar-refractivity contribution in [3.05, 3.63) is 96.2 Å². The largest absolute Gasteiger partial charge is 0.481 e. The molecule has 1 aliphatic carbocycles. The predicted molar refractivity (Wildman–Crippen MR) is 214 cm³/mol. The number of carbonyl (C=O) groups excluding carboxylic acids is 1. The first-order chi connectivity index (χ1) is 27.3. The van der Waals surface area contributed by atoms with Crippen molar-refractivity contribution in [3.8, 4) is 28.3 Å². The van der Waals surface area contributed by atoms with Gasteiger partial charge in [-0.15, -0.1) is 0 Å². The summed E-state index contributed by atoms with van der Waals surface area (Å²) < 4.78 is 35.9. The number of hydrogen-bond donors (Lipinski definition) is 3. The summed E-state index contributed by atoms with van der Waals surface area (Å²) in [7, 11) is 4.30. The van der Waals surface area contributed by atoms with Gasteiger partial charge in [-0.2, -0.15) is 0 Å². The molecule has 2 fully saturated rings. The molecule has 0 bridgehead atoms. The third kappa shape index (κ3) is 6.69. The number of urea groups is 1. The number of alkyl halides is 2. The standard InChI is InChI=1S/C40H40Cl2F2N8O5/c1-49-29-19-27(34(43)44)46-35(31(29)37(54)50(2)39(49)56)45-25-9-5-7-23(33(25)42)22-6-4-8-24(32(22)41)26-18-21-10-11-28(30(21)36(47-26)57-3)52-15-13-40(20-52)12-14-51(16-17-53)38(55)48-40/h4-9,18-19,28,34,53H,10-17,20H2,1-3H3,(H,45,46)(H,48,55)/t28-,40+/m1/s1. The topological polar surface area (TPSA) is 147 Å². The van der Waals surface area contributed by atoms with Gasteiger partial charge in [-0.25, -0.2) is 28.3 Å². The van der Waals surface area contributed by atoms with E-state index in [1.807, 2.05) is 24.3 Å². The number of nitrogens with zero attached hydrogens (tertiary/aromatic N) is 6. The summed E-state index contributed by atoms with van der Waals surface area (Å²) in [6, 6.07) is 13.6. The number of ether oxygens (including phenoxy) is 1. The van der Waals surface area contributed by atoms with Gasteiger partial charge in [0.05, 0.1) is 46.2 Å². The fraction of sp³-hybridized carbons (Fsp3) is 0.375. The molecular formula is C40H40Cl2F2N8O5. The third-order valence-corrected chi connectivity index (χ3v) is 12.4. The van der Waals surface area contributed by atoms with E-state index in [-0.39, 0.29) is 51.6 Å². The van der Waals surface area contributed by atoms with E-state index in [0.29, 0.717) is 52.9 Å². The summed E-state index contributed by atoms with van der Waals surface area (Å²) >= 11 is 14.2. The number of amides is 2. The smallest absolute Gasteiger partial charge is 0.330 e. The summed E-state index contributed by atoms with van der Waals surface area (Å²) in [5.74, 6) is 0.329. The molecule has 0 saturated carbocycles. The minimum Gasteiger partial charge on any atom is -0.481 e. The molecule has 2 saturated heterocycles. The Morgan fingerprint density at radius 3 is 2.44 bits per heavy atom. The molecule has 3 aromatic heterocycles. The minimum atomic E-state index is -2.97. The van der Waals surface area contributed by atoms with Crippen LogP contribution in [-0.2, 0) is 20.5 Å². The Morgan fingerprint density at radius 2 is 1.72 bits per heavy atom. The van der Waals surface area contributed by atoms with Crippen molar-refractivity contribution in [1.82, 2.24) is 34.2 Å². The van der Waals surface area contributed by atoms with Crippen LogP contribution in [0.25, 0.3) is 33.3 Å². The monoisotopic (exact) mass is 820 g/mol. The minimum absolute atomic E-state index is 0.00375. The SMILES string of the molecule is COc1nc(-c2cccc(-c3cccc(Nc4nc(C(F)F)cc5c4c(=O)n(C)c(=O)n5C)c3Cl)c2Cl)cc2c1[C@H](N1CC[C@@]3(CCN(CCO)C(=O)N3)C1)CC2. The van der Waals surface area contributed by atoms with Crippen molar-refractivity contribution in [2.75, 3.05) is 45.2 Å². The molecule has 5 aromatic rings. The zero-order chi connectivity index (χ0) is 40.3. The first kappa shape index (κ1) is 38.8. The zero-order valence-corrected chi connectivity index (χ0v) is 32.9. The molecule has 13 nitrogen and oxygen atoms in total. The summed E-state index contributed by atoms with van der Waals surface area (Å²) in [5.41, 5.74) is 2.46. The summed E-state index contributed by atoms with van der Waals surface area (Å²) in [4.78, 5) is 51.8. The van der Waals surface area contributed by atoms with E-state index in [0.717, 1.165) is 58.6 Å². The molecule has 0 radical (unpaired) electrons. The van der Waals surface area contributed by atoms with Crippen LogP contribution < -0.4 is 26.6 Å². The zero-order valence-electron chi connectivity index (χ0n) is 31.4. The van der Waals surface area contributed by atoms with Crippen molar-refractivity contribution >= 4 is 51.6 Å². The van der Waals surface area contributed by atoms with Crippen LogP contribution in [0, 0.1) is 0 Å². The van der Waals surface area contributed by atoms with Crippen LogP contribution >= 0.6 is 23.2 Å². The van der Waals surface area contributed by atoms with Crippen LogP contribution in [0.15, 0.2) is 58.1 Å². The van der Waals surface area contributed by atoms with Gasteiger partial charge in [0.2, 0.25) is 5.88 Å². The van der Waals surface area contributed by atoms with Gasteiger partial charge in [0.15, 0.2) is 0 Å². The maximum Gasteiger partial charge on any atom is 0.330 e. The first-order valence-electron chi connectivity index (χ1n) is 18.6. The van der Waals surface area contributed by atoms with E-state index in [1.54, 1.807) is 30.2 Å². The third-order valence-electron chi connectivity index (χ3n) is 11.5. The second-order valence-corrected chi connectivity index (χ2v) is 15.5. The Labute approximate surface area is 335 Å². The van der Waals surface area contributed by atoms with E-state index in [9.17, 15) is 28.3 Å². The van der Waals surface area contributed by atoms with Gasteiger partial charge in [-0.05, 0) is 49.4 Å². The molecule has 0 unspecified atom stereocenters. The van der Waals surface area contributed by atoms with Crippen LogP contribution in [0.5, 0.6) is 5.88 Å². The molecule has 2 atom stereocenters. The number of pyridine rings is 2. The number of benzene rings is 2. The Hall–Kier alpha value is -5.09. The number of fused-ring (bicyclic) bond motifs is 2. The lowest BCUT2D eigenvalue weighted by molar-refractivity contribution is 0.127. The van der Waals surface area contributed by atoms with Gasteiger partial charge >= 0.3 is 11.7 Å². The number of aromatic nitrogens is 4. The van der Waals surface area contributed by atoms with E-state index < -0.39 is 23.4 Å². The number of aliphatic hydroxyl groups excluding tert-OH is 1. The number of nitrogens with one attached hydrogen (secondary N) is 2. The highest BCUT2D eigenvalue weighted by Gasteiger charge is 2.46. The highest BCUT2D eigenvalue weighted by Crippen LogP contribution is 2.47. The van der Waals surface area contributed by atoms with E-state index in [2.05, 4.69) is 20.5 Å². The molecule has 3 N–H and O–H groups in total. The lowest BCUT2D eigenvalue weighted by Gasteiger charge is -2.40. The van der Waals surface area contributed by atoms with Crippen molar-refractivity contribution in [3.63, 3.8) is 0 Å². The van der Waals surface area contributed by atoms with Crippen LogP contribution in [0.4, 0.5) is 25.1 Å². The number of rotatable bonds is 9. The number of halogens is 4. The van der Waals surface area contributed by atoms with Crippen molar-refractivity contribution < 1.29 is 23.4 Å². The van der Waals surface area contributed by atoms with Gasteiger partial charge in [-0.3, -0.25) is 18.8 Å². The van der Waals surface area contributed by atoms with Crippen molar-refractivity contribution in [2.24, 2.45) is 14.1 Å². The molecule has 5 heterocycles. The van der Waals surface area contributed by atoms with Crippen LogP contribution in [-0.4, -0.2) is 85.5 Å². The number of β-amino-alcohol motifs (C(OH)–C–C–N with tert-alkyl or cyclic N) is 1. The van der Waals surface area contributed by atoms with E-state index in [1.165, 1.54) is 14.1 Å². The highest BCUT2D eigenvalue weighted by molar-refractivity contribution is 6.39. The molecule has 2 aromatic carbocycles. The Morgan fingerprint density at radius 1 is 1.00 bits per heavy atom. The molecule has 298 valence electrons. The summed E-state index contributed by atoms with van der Waals surface area (Å²) in [6.45, 7) is 2.39. The molecule has 1 spiro atoms. The number of anilines is 2. The Bertz CT molecular complexity index is 2570. The lowest BCUT2D eigenvalue weighted by Crippen LogP contribution is -2.61. The van der Waals surface area contributed by atoms with E-state index >= 15 is 0 Å². The molecular weight excluding hydrogens is 781 g/mol. The number of aryl methyl sites for hydroxylation is 2. The number of methoxy groups -OCH3 is 1. The lowest BCUT2D eigenvalue weighted by atomic mass is 9.92. The Kier molecular flexibility index (Phi) is 10.2. The average Bonchev–Trinajstić information content (AvgIpc) is 3.82. The maximum atomic E-state index is 14.0. The average molecular weight is 822 g/mol. The van der Waals surface area contributed by atoms with Gasteiger partial charge in [0.25, 0.3) is 12.0 Å². The fourth-order valence-electron chi connectivity index (χ4n) is 8.58.